The number of halogens is 4. The van der Waals surface area contributed by atoms with Gasteiger partial charge in [0.2, 0.25) is 5.91 Å². The summed E-state index contributed by atoms with van der Waals surface area (Å²) >= 11 is 0. The predicted octanol–water partition coefficient (Wildman–Crippen LogP) is 2.01. The Kier molecular flexibility index (Phi) is 8.46. The lowest BCUT2D eigenvalue weighted by molar-refractivity contribution is -0.184. The summed E-state index contributed by atoms with van der Waals surface area (Å²) < 4.78 is 42.8. The molecule has 1 aliphatic carbocycles. The van der Waals surface area contributed by atoms with E-state index in [0.29, 0.717) is 12.8 Å². The maximum absolute atomic E-state index is 12.6. The van der Waals surface area contributed by atoms with Gasteiger partial charge in [-0.15, -0.1) is 12.4 Å². The Morgan fingerprint density at radius 2 is 2.10 bits per heavy atom. The smallest absolute Gasteiger partial charge is 0.380 e. The molecule has 0 aromatic carbocycles. The summed E-state index contributed by atoms with van der Waals surface area (Å²) in [5, 5.41) is 2.65. The molecule has 3 N–H and O–H groups in total. The molecule has 0 heterocycles. The van der Waals surface area contributed by atoms with E-state index in [-0.39, 0.29) is 50.2 Å². The third-order valence-corrected chi connectivity index (χ3v) is 3.51. The number of nitrogens with one attached hydrogen (secondary N) is 1. The summed E-state index contributed by atoms with van der Waals surface area (Å²) in [4.78, 5) is 11.7. The Balaban J connectivity index is 0.00000361. The van der Waals surface area contributed by atoms with Crippen LogP contribution in [-0.4, -0.2) is 37.9 Å². The molecular weight excluding hydrogens is 297 g/mol. The van der Waals surface area contributed by atoms with Crippen molar-refractivity contribution in [3.05, 3.63) is 0 Å². The van der Waals surface area contributed by atoms with E-state index in [1.165, 1.54) is 7.11 Å². The normalized spacial score (nSPS) is 24.6. The van der Waals surface area contributed by atoms with Crippen LogP contribution in [0.1, 0.15) is 32.1 Å². The maximum atomic E-state index is 12.6. The monoisotopic (exact) mass is 318 g/mol. The third-order valence-electron chi connectivity index (χ3n) is 3.51. The van der Waals surface area contributed by atoms with Crippen molar-refractivity contribution in [2.24, 2.45) is 11.7 Å². The standard InChI is InChI=1S/C12H21F3N2O2.ClH/c1-19-10(7-16)6-11(18)17-9-4-2-3-8(5-9)12(13,14)15;/h8-10H,2-7,16H2,1H3,(H,17,18);1H. The fraction of sp³-hybridized carbons (Fsp3) is 0.917. The molecular formula is C12H22ClF3N2O2. The molecule has 0 aliphatic heterocycles. The van der Waals surface area contributed by atoms with Gasteiger partial charge in [0.25, 0.3) is 0 Å². The SMILES string of the molecule is COC(CN)CC(=O)NC1CCCC(C(F)(F)F)C1.Cl. The molecule has 0 aromatic heterocycles. The van der Waals surface area contributed by atoms with Gasteiger partial charge in [-0.3, -0.25) is 4.79 Å². The minimum atomic E-state index is -4.17. The van der Waals surface area contributed by atoms with Gasteiger partial charge in [0, 0.05) is 19.7 Å². The minimum Gasteiger partial charge on any atom is -0.380 e. The summed E-state index contributed by atoms with van der Waals surface area (Å²) in [6, 6.07) is -0.400. The number of nitrogens with two attached hydrogens (primary N) is 1. The molecule has 1 saturated carbocycles. The molecule has 1 aliphatic rings. The molecule has 1 fully saturated rings. The number of alkyl halides is 3. The van der Waals surface area contributed by atoms with E-state index in [1.54, 1.807) is 0 Å². The molecule has 3 unspecified atom stereocenters. The van der Waals surface area contributed by atoms with E-state index in [9.17, 15) is 18.0 Å². The maximum Gasteiger partial charge on any atom is 0.391 e. The zero-order chi connectivity index (χ0) is 14.5. The van der Waals surface area contributed by atoms with Crippen LogP contribution in [0.25, 0.3) is 0 Å². The van der Waals surface area contributed by atoms with Crippen molar-refractivity contribution in [1.29, 1.82) is 0 Å². The van der Waals surface area contributed by atoms with Gasteiger partial charge in [-0.25, -0.2) is 0 Å². The van der Waals surface area contributed by atoms with Gasteiger partial charge in [-0.2, -0.15) is 13.2 Å². The highest BCUT2D eigenvalue weighted by Crippen LogP contribution is 2.37. The average molecular weight is 319 g/mol. The van der Waals surface area contributed by atoms with Gasteiger partial charge < -0.3 is 15.8 Å². The Morgan fingerprint density at radius 1 is 1.45 bits per heavy atom. The number of amides is 1. The molecule has 4 nitrogen and oxygen atoms in total. The van der Waals surface area contributed by atoms with Crippen molar-refractivity contribution >= 4 is 18.3 Å². The quantitative estimate of drug-likeness (QED) is 0.815. The summed E-state index contributed by atoms with van der Waals surface area (Å²) in [5.41, 5.74) is 5.39. The molecule has 1 amide bonds. The van der Waals surface area contributed by atoms with E-state index >= 15 is 0 Å². The van der Waals surface area contributed by atoms with Crippen LogP contribution in [0.2, 0.25) is 0 Å². The van der Waals surface area contributed by atoms with Crippen LogP contribution in [0.4, 0.5) is 13.2 Å². The van der Waals surface area contributed by atoms with Crippen LogP contribution in [0.15, 0.2) is 0 Å². The highest BCUT2D eigenvalue weighted by Gasteiger charge is 2.42. The van der Waals surface area contributed by atoms with E-state index in [1.807, 2.05) is 0 Å². The lowest BCUT2D eigenvalue weighted by Gasteiger charge is -2.31. The lowest BCUT2D eigenvalue weighted by atomic mass is 9.85. The van der Waals surface area contributed by atoms with Crippen molar-refractivity contribution in [1.82, 2.24) is 5.32 Å². The zero-order valence-electron chi connectivity index (χ0n) is 11.4. The first-order valence-electron chi connectivity index (χ1n) is 6.45. The van der Waals surface area contributed by atoms with E-state index in [2.05, 4.69) is 5.32 Å². The second kappa shape index (κ2) is 8.69. The van der Waals surface area contributed by atoms with Crippen LogP contribution in [0.5, 0.6) is 0 Å². The van der Waals surface area contributed by atoms with Crippen molar-refractivity contribution in [3.8, 4) is 0 Å². The molecule has 0 aromatic rings. The van der Waals surface area contributed by atoms with E-state index < -0.39 is 18.1 Å². The number of hydrogen-bond donors (Lipinski definition) is 2. The Bertz CT molecular complexity index is 299. The highest BCUT2D eigenvalue weighted by atomic mass is 35.5. The van der Waals surface area contributed by atoms with Gasteiger partial charge in [-0.05, 0) is 19.3 Å². The van der Waals surface area contributed by atoms with Crippen molar-refractivity contribution in [2.75, 3.05) is 13.7 Å². The Hall–Kier alpha value is -0.530. The topological polar surface area (TPSA) is 64.3 Å². The van der Waals surface area contributed by atoms with Crippen molar-refractivity contribution in [3.63, 3.8) is 0 Å². The highest BCUT2D eigenvalue weighted by molar-refractivity contribution is 5.85. The Labute approximate surface area is 123 Å². The van der Waals surface area contributed by atoms with E-state index in [0.717, 1.165) is 0 Å². The molecule has 0 bridgehead atoms. The number of carbonyl (C=O) groups is 1. The lowest BCUT2D eigenvalue weighted by Crippen LogP contribution is -2.43. The zero-order valence-corrected chi connectivity index (χ0v) is 12.2. The molecule has 0 spiro atoms. The third kappa shape index (κ3) is 6.28. The first kappa shape index (κ1) is 19.5. The molecule has 120 valence electrons. The summed E-state index contributed by atoms with van der Waals surface area (Å²) in [5.74, 6) is -1.61. The van der Waals surface area contributed by atoms with E-state index in [4.69, 9.17) is 10.5 Å². The van der Waals surface area contributed by atoms with Gasteiger partial charge in [0.15, 0.2) is 0 Å². The predicted molar refractivity (Wildman–Crippen MR) is 71.7 cm³/mol. The largest absolute Gasteiger partial charge is 0.391 e. The van der Waals surface area contributed by atoms with Crippen LogP contribution >= 0.6 is 12.4 Å². The average Bonchev–Trinajstić information content (AvgIpc) is 2.35. The molecule has 8 heteroatoms. The molecule has 3 atom stereocenters. The van der Waals surface area contributed by atoms with Crippen LogP contribution in [-0.2, 0) is 9.53 Å². The molecule has 0 radical (unpaired) electrons. The van der Waals surface area contributed by atoms with Gasteiger partial charge in [-0.1, -0.05) is 6.42 Å². The number of carbonyl (C=O) groups excluding carboxylic acids is 1. The van der Waals surface area contributed by atoms with Gasteiger partial charge in [0.1, 0.15) is 0 Å². The summed E-state index contributed by atoms with van der Waals surface area (Å²) in [6.45, 7) is 0.208. The fourth-order valence-corrected chi connectivity index (χ4v) is 2.37. The summed E-state index contributed by atoms with van der Waals surface area (Å²) in [6.07, 6.45) is -3.27. The summed E-state index contributed by atoms with van der Waals surface area (Å²) in [7, 11) is 1.45. The van der Waals surface area contributed by atoms with Crippen LogP contribution in [0, 0.1) is 5.92 Å². The fourth-order valence-electron chi connectivity index (χ4n) is 2.37. The molecule has 20 heavy (non-hydrogen) atoms. The first-order valence-corrected chi connectivity index (χ1v) is 6.45. The van der Waals surface area contributed by atoms with Gasteiger partial charge in [0.05, 0.1) is 18.4 Å². The molecule has 1 rings (SSSR count). The number of ether oxygens (including phenoxy) is 1. The van der Waals surface area contributed by atoms with Crippen molar-refractivity contribution < 1.29 is 22.7 Å². The second-order valence-corrected chi connectivity index (χ2v) is 4.97. The second-order valence-electron chi connectivity index (χ2n) is 4.97. The van der Waals surface area contributed by atoms with Crippen LogP contribution in [0.3, 0.4) is 0 Å². The van der Waals surface area contributed by atoms with Gasteiger partial charge >= 0.3 is 6.18 Å². The van der Waals surface area contributed by atoms with Crippen molar-refractivity contribution in [2.45, 2.75) is 50.4 Å². The Morgan fingerprint density at radius 3 is 2.60 bits per heavy atom. The number of rotatable bonds is 5. The molecule has 0 saturated heterocycles. The minimum absolute atomic E-state index is 0. The van der Waals surface area contributed by atoms with Crippen LogP contribution < -0.4 is 11.1 Å². The number of hydrogen-bond acceptors (Lipinski definition) is 3. The number of methoxy groups -OCH3 is 1. The first-order chi connectivity index (χ1) is 8.86.